The number of benzene rings is 1. The molecule has 13 heteroatoms. The Hall–Kier alpha value is -1.76. The molecule has 2 aliphatic heterocycles. The Morgan fingerprint density at radius 1 is 1.34 bits per heavy atom. The summed E-state index contributed by atoms with van der Waals surface area (Å²) < 4.78 is 30.8. The second kappa shape index (κ2) is 10.4. The Bertz CT molecular complexity index is 928. The van der Waals surface area contributed by atoms with E-state index in [1.54, 1.807) is 49.5 Å². The Kier molecular flexibility index (Phi) is 8.12. The van der Waals surface area contributed by atoms with E-state index in [4.69, 9.17) is 13.8 Å². The normalized spacial score (nSPS) is 28.2. The first-order chi connectivity index (χ1) is 15.1. The lowest BCUT2D eigenvalue weighted by Crippen LogP contribution is -2.55. The number of rotatable bonds is 9. The fraction of sp³-hybridized carbons (Fsp3) is 0.421. The van der Waals surface area contributed by atoms with Crippen LogP contribution in [0.15, 0.2) is 52.7 Å². The van der Waals surface area contributed by atoms with Gasteiger partial charge in [0.1, 0.15) is 24.1 Å². The smallest absolute Gasteiger partial charge is 0.459 e. The van der Waals surface area contributed by atoms with Crippen molar-refractivity contribution >= 4 is 29.6 Å². The number of aliphatic carboxylic acids is 1. The standard InChI is InChI=1S/C19H25BrN3O8P/c1-11-9-23(19(27)21-17(11)24)16-8-7-15(30-16)10-29-32(28,22-12(2)18(25)26)31-14-5-3-13(20)4-6-14/h3-9,12,15-17,19,21,24,27H,10H2,1-2H3,(H,22,28)(H,25,26)/t12-,15+,16-,17?,19?,32?/m1/s1. The van der Waals surface area contributed by atoms with Crippen molar-refractivity contribution < 1.29 is 38.5 Å². The van der Waals surface area contributed by atoms with Crippen LogP contribution in [0.5, 0.6) is 5.75 Å². The van der Waals surface area contributed by atoms with Gasteiger partial charge in [-0.05, 0) is 49.8 Å². The zero-order valence-corrected chi connectivity index (χ0v) is 19.8. The van der Waals surface area contributed by atoms with Gasteiger partial charge in [-0.15, -0.1) is 0 Å². The van der Waals surface area contributed by atoms with E-state index in [1.165, 1.54) is 11.8 Å². The molecule has 0 spiro atoms. The molecule has 0 aromatic heterocycles. The summed E-state index contributed by atoms with van der Waals surface area (Å²) >= 11 is 3.29. The van der Waals surface area contributed by atoms with Gasteiger partial charge in [0.25, 0.3) is 0 Å². The van der Waals surface area contributed by atoms with E-state index in [0.29, 0.717) is 5.57 Å². The first kappa shape index (κ1) is 24.9. The lowest BCUT2D eigenvalue weighted by Gasteiger charge is -2.37. The number of ether oxygens (including phenoxy) is 1. The van der Waals surface area contributed by atoms with Gasteiger partial charge in [-0.25, -0.2) is 9.88 Å². The quantitative estimate of drug-likeness (QED) is 0.233. The Morgan fingerprint density at radius 2 is 2.03 bits per heavy atom. The number of aliphatic hydroxyl groups excluding tert-OH is 2. The van der Waals surface area contributed by atoms with Gasteiger partial charge in [0.05, 0.1) is 6.61 Å². The molecule has 11 nitrogen and oxygen atoms in total. The first-order valence-electron chi connectivity index (χ1n) is 9.68. The van der Waals surface area contributed by atoms with Crippen LogP contribution in [0.3, 0.4) is 0 Å². The molecular formula is C19H25BrN3O8P. The van der Waals surface area contributed by atoms with Crippen molar-refractivity contribution in [3.8, 4) is 5.75 Å². The predicted octanol–water partition coefficient (Wildman–Crippen LogP) is 1.70. The maximum Gasteiger partial charge on any atom is 0.459 e. The van der Waals surface area contributed by atoms with E-state index in [9.17, 15) is 24.7 Å². The van der Waals surface area contributed by atoms with E-state index in [2.05, 4.69) is 26.3 Å². The molecule has 32 heavy (non-hydrogen) atoms. The van der Waals surface area contributed by atoms with E-state index in [0.717, 1.165) is 4.47 Å². The number of aliphatic hydroxyl groups is 2. The summed E-state index contributed by atoms with van der Waals surface area (Å²) in [6.45, 7) is 2.81. The highest BCUT2D eigenvalue weighted by atomic mass is 79.9. The van der Waals surface area contributed by atoms with Crippen molar-refractivity contribution in [2.24, 2.45) is 0 Å². The highest BCUT2D eigenvalue weighted by Gasteiger charge is 2.35. The van der Waals surface area contributed by atoms with Crippen molar-refractivity contribution in [3.05, 3.63) is 52.7 Å². The number of carbonyl (C=O) groups is 1. The summed E-state index contributed by atoms with van der Waals surface area (Å²) in [5, 5.41) is 34.0. The largest absolute Gasteiger partial charge is 0.480 e. The van der Waals surface area contributed by atoms with Gasteiger partial charge in [-0.2, -0.15) is 5.09 Å². The summed E-state index contributed by atoms with van der Waals surface area (Å²) in [4.78, 5) is 12.7. The second-order valence-electron chi connectivity index (χ2n) is 7.24. The molecule has 3 rings (SSSR count). The molecular weight excluding hydrogens is 509 g/mol. The number of hydrogen-bond donors (Lipinski definition) is 5. The molecule has 5 N–H and O–H groups in total. The van der Waals surface area contributed by atoms with Crippen LogP contribution in [0, 0.1) is 0 Å². The Morgan fingerprint density at radius 3 is 2.69 bits per heavy atom. The number of nitrogens with one attached hydrogen (secondary N) is 2. The molecule has 0 aliphatic carbocycles. The van der Waals surface area contributed by atoms with Crippen LogP contribution >= 0.6 is 23.7 Å². The van der Waals surface area contributed by atoms with Crippen LogP contribution in [0.1, 0.15) is 13.8 Å². The van der Waals surface area contributed by atoms with Crippen molar-refractivity contribution in [2.45, 2.75) is 44.8 Å². The van der Waals surface area contributed by atoms with Crippen molar-refractivity contribution in [1.82, 2.24) is 15.3 Å². The summed E-state index contributed by atoms with van der Waals surface area (Å²) in [5.41, 5.74) is 0.589. The van der Waals surface area contributed by atoms with Crippen LogP contribution in [-0.4, -0.2) is 63.7 Å². The molecule has 0 saturated heterocycles. The zero-order chi connectivity index (χ0) is 23.5. The minimum atomic E-state index is -4.08. The van der Waals surface area contributed by atoms with E-state index < -0.39 is 44.7 Å². The number of nitrogens with zero attached hydrogens (tertiary/aromatic N) is 1. The summed E-state index contributed by atoms with van der Waals surface area (Å²) in [6, 6.07) is 5.28. The van der Waals surface area contributed by atoms with Crippen molar-refractivity contribution in [2.75, 3.05) is 6.61 Å². The average Bonchev–Trinajstić information content (AvgIpc) is 3.20. The summed E-state index contributed by atoms with van der Waals surface area (Å²) in [5.74, 6) is -0.995. The molecule has 2 heterocycles. The molecule has 3 unspecified atom stereocenters. The van der Waals surface area contributed by atoms with Crippen LogP contribution in [0.4, 0.5) is 0 Å². The average molecular weight is 534 g/mol. The van der Waals surface area contributed by atoms with Crippen LogP contribution in [0.2, 0.25) is 0 Å². The van der Waals surface area contributed by atoms with Crippen LogP contribution < -0.4 is 14.9 Å². The van der Waals surface area contributed by atoms with Crippen molar-refractivity contribution in [1.29, 1.82) is 0 Å². The fourth-order valence-electron chi connectivity index (χ4n) is 2.89. The molecule has 6 atom stereocenters. The number of carboxylic acid groups (broad SMARTS) is 1. The maximum absolute atomic E-state index is 13.2. The van der Waals surface area contributed by atoms with Gasteiger partial charge in [0.15, 0.2) is 12.6 Å². The van der Waals surface area contributed by atoms with Gasteiger partial charge >= 0.3 is 13.7 Å². The molecule has 0 radical (unpaired) electrons. The van der Waals surface area contributed by atoms with Gasteiger partial charge in [-0.3, -0.25) is 9.32 Å². The van der Waals surface area contributed by atoms with Crippen LogP contribution in [-0.2, 0) is 18.6 Å². The fourth-order valence-corrected chi connectivity index (χ4v) is 4.66. The highest BCUT2D eigenvalue weighted by Crippen LogP contribution is 2.45. The Balaban J connectivity index is 1.64. The van der Waals surface area contributed by atoms with Gasteiger partial charge in [-0.1, -0.05) is 22.0 Å². The summed E-state index contributed by atoms with van der Waals surface area (Å²) in [7, 11) is -4.08. The van der Waals surface area contributed by atoms with Gasteiger partial charge in [0, 0.05) is 10.7 Å². The van der Waals surface area contributed by atoms with E-state index in [-0.39, 0.29) is 12.4 Å². The topological polar surface area (TPSA) is 150 Å². The molecule has 1 aromatic carbocycles. The zero-order valence-electron chi connectivity index (χ0n) is 17.3. The number of carboxylic acids is 1. The molecule has 2 aliphatic rings. The highest BCUT2D eigenvalue weighted by molar-refractivity contribution is 9.10. The lowest BCUT2D eigenvalue weighted by atomic mass is 10.2. The minimum Gasteiger partial charge on any atom is -0.480 e. The molecule has 1 aromatic rings. The molecule has 0 fully saturated rings. The summed E-state index contributed by atoms with van der Waals surface area (Å²) in [6.07, 6.45) is 1.47. The minimum absolute atomic E-state index is 0.206. The van der Waals surface area contributed by atoms with Gasteiger partial charge < -0.3 is 29.5 Å². The number of hydrogen-bond acceptors (Lipinski definition) is 9. The SMILES string of the molecule is CC1=CN([C@H]2C=C[C@@H](COP(=O)(N[C@H](C)C(=O)O)Oc3ccc(Br)cc3)O2)C(O)NC1O. The van der Waals surface area contributed by atoms with Crippen LogP contribution in [0.25, 0.3) is 0 Å². The third kappa shape index (κ3) is 6.40. The van der Waals surface area contributed by atoms with Gasteiger partial charge in [0.2, 0.25) is 0 Å². The first-order valence-corrected chi connectivity index (χ1v) is 12.0. The predicted molar refractivity (Wildman–Crippen MR) is 117 cm³/mol. The number of halogens is 1. The maximum atomic E-state index is 13.2. The molecule has 0 amide bonds. The third-order valence-electron chi connectivity index (χ3n) is 4.64. The molecule has 0 bridgehead atoms. The Labute approximate surface area is 193 Å². The third-order valence-corrected chi connectivity index (χ3v) is 6.81. The molecule has 176 valence electrons. The second-order valence-corrected chi connectivity index (χ2v) is 9.85. The monoisotopic (exact) mass is 533 g/mol. The molecule has 0 saturated carbocycles. The van der Waals surface area contributed by atoms with Crippen molar-refractivity contribution in [3.63, 3.8) is 0 Å². The van der Waals surface area contributed by atoms with E-state index in [1.807, 2.05) is 0 Å². The van der Waals surface area contributed by atoms with E-state index >= 15 is 0 Å². The lowest BCUT2D eigenvalue weighted by molar-refractivity contribution is -0.138.